The summed E-state index contributed by atoms with van der Waals surface area (Å²) in [6, 6.07) is 0. The molecule has 4 heteroatoms. The largest absolute Gasteiger partial charge is 0.480 e. The zero-order chi connectivity index (χ0) is 10.1. The van der Waals surface area contributed by atoms with Crippen molar-refractivity contribution >= 4 is 5.97 Å². The molecule has 1 aromatic rings. The van der Waals surface area contributed by atoms with Crippen molar-refractivity contribution in [2.45, 2.75) is 25.7 Å². The summed E-state index contributed by atoms with van der Waals surface area (Å²) in [6.45, 7) is 3.54. The number of aryl methyl sites for hydroxylation is 1. The van der Waals surface area contributed by atoms with Gasteiger partial charge in [0, 0.05) is 19.4 Å². The van der Waals surface area contributed by atoms with E-state index < -0.39 is 11.4 Å². The van der Waals surface area contributed by atoms with Crippen molar-refractivity contribution in [3.05, 3.63) is 18.2 Å². The predicted octanol–water partition coefficient (Wildman–Crippen LogP) is 1.17. The molecule has 1 unspecified atom stereocenters. The molecule has 0 saturated carbocycles. The third-order valence-electron chi connectivity index (χ3n) is 2.49. The van der Waals surface area contributed by atoms with Gasteiger partial charge in [-0.1, -0.05) is 6.92 Å². The zero-order valence-electron chi connectivity index (χ0n) is 8.11. The number of carboxylic acid groups (broad SMARTS) is 1. The van der Waals surface area contributed by atoms with Gasteiger partial charge < -0.3 is 9.67 Å². The predicted molar refractivity (Wildman–Crippen MR) is 48.5 cm³/mol. The number of carboxylic acids is 1. The molecule has 1 atom stereocenters. The molecule has 1 aromatic heterocycles. The Kier molecular flexibility index (Phi) is 2.40. The second-order valence-corrected chi connectivity index (χ2v) is 3.35. The minimum Gasteiger partial charge on any atom is -0.480 e. The molecule has 1 heterocycles. The van der Waals surface area contributed by atoms with E-state index in [1.54, 1.807) is 30.9 Å². The molecule has 0 fully saturated rings. The topological polar surface area (TPSA) is 55.1 Å². The molecular formula is C9H14N2O2. The SMILES string of the molecule is CCC(C)(C(=O)O)c1nccn1C. The van der Waals surface area contributed by atoms with Crippen LogP contribution in [0.4, 0.5) is 0 Å². The standard InChI is InChI=1S/C9H14N2O2/c1-4-9(2,8(12)13)7-10-5-6-11(7)3/h5-6H,4H2,1-3H3,(H,12,13). The summed E-state index contributed by atoms with van der Waals surface area (Å²) in [5.41, 5.74) is -0.877. The van der Waals surface area contributed by atoms with Gasteiger partial charge in [0.1, 0.15) is 11.2 Å². The molecule has 0 amide bonds. The van der Waals surface area contributed by atoms with Gasteiger partial charge in [0.15, 0.2) is 0 Å². The van der Waals surface area contributed by atoms with Gasteiger partial charge in [-0.2, -0.15) is 0 Å². The maximum Gasteiger partial charge on any atom is 0.317 e. The summed E-state index contributed by atoms with van der Waals surface area (Å²) in [5.74, 6) is -0.230. The quantitative estimate of drug-likeness (QED) is 0.763. The molecule has 13 heavy (non-hydrogen) atoms. The van der Waals surface area contributed by atoms with E-state index in [9.17, 15) is 4.79 Å². The van der Waals surface area contributed by atoms with E-state index in [-0.39, 0.29) is 0 Å². The highest BCUT2D eigenvalue weighted by Gasteiger charge is 2.36. The molecule has 0 aliphatic heterocycles. The number of aromatic nitrogens is 2. The molecule has 0 aliphatic rings. The van der Waals surface area contributed by atoms with E-state index in [0.29, 0.717) is 12.2 Å². The van der Waals surface area contributed by atoms with Crippen LogP contribution in [0.3, 0.4) is 0 Å². The van der Waals surface area contributed by atoms with Crippen LogP contribution >= 0.6 is 0 Å². The maximum atomic E-state index is 11.0. The van der Waals surface area contributed by atoms with Gasteiger partial charge in [-0.05, 0) is 13.3 Å². The van der Waals surface area contributed by atoms with Crippen LogP contribution < -0.4 is 0 Å². The minimum atomic E-state index is -0.877. The highest BCUT2D eigenvalue weighted by atomic mass is 16.4. The number of aliphatic carboxylic acids is 1. The fourth-order valence-corrected chi connectivity index (χ4v) is 1.30. The molecular weight excluding hydrogens is 168 g/mol. The average Bonchev–Trinajstić information content (AvgIpc) is 2.50. The summed E-state index contributed by atoms with van der Waals surface area (Å²) in [6.07, 6.45) is 3.91. The van der Waals surface area contributed by atoms with Crippen molar-refractivity contribution in [2.75, 3.05) is 0 Å². The third kappa shape index (κ3) is 1.43. The first-order valence-corrected chi connectivity index (χ1v) is 4.23. The summed E-state index contributed by atoms with van der Waals surface area (Å²) >= 11 is 0. The van der Waals surface area contributed by atoms with Crippen LogP contribution in [0.1, 0.15) is 26.1 Å². The Hall–Kier alpha value is -1.32. The molecule has 1 N–H and O–H groups in total. The molecule has 4 nitrogen and oxygen atoms in total. The summed E-state index contributed by atoms with van der Waals surface area (Å²) in [4.78, 5) is 15.1. The van der Waals surface area contributed by atoms with Crippen LogP contribution in [0.2, 0.25) is 0 Å². The van der Waals surface area contributed by atoms with Gasteiger partial charge in [0.05, 0.1) is 0 Å². The molecule has 0 bridgehead atoms. The molecule has 1 rings (SSSR count). The van der Waals surface area contributed by atoms with Crippen LogP contribution in [0.15, 0.2) is 12.4 Å². The first-order valence-electron chi connectivity index (χ1n) is 4.23. The molecule has 72 valence electrons. The van der Waals surface area contributed by atoms with Crippen LogP contribution in [0.25, 0.3) is 0 Å². The minimum absolute atomic E-state index is 0.535. The molecule has 0 radical (unpaired) electrons. The van der Waals surface area contributed by atoms with Crippen molar-refractivity contribution in [1.29, 1.82) is 0 Å². The van der Waals surface area contributed by atoms with Crippen molar-refractivity contribution in [2.24, 2.45) is 7.05 Å². The molecule has 0 spiro atoms. The van der Waals surface area contributed by atoms with Crippen molar-refractivity contribution < 1.29 is 9.90 Å². The van der Waals surface area contributed by atoms with Gasteiger partial charge in [-0.15, -0.1) is 0 Å². The van der Waals surface area contributed by atoms with E-state index in [1.165, 1.54) is 0 Å². The van der Waals surface area contributed by atoms with Crippen molar-refractivity contribution in [3.63, 3.8) is 0 Å². The lowest BCUT2D eigenvalue weighted by Crippen LogP contribution is -2.34. The lowest BCUT2D eigenvalue weighted by atomic mass is 9.87. The fourth-order valence-electron chi connectivity index (χ4n) is 1.30. The highest BCUT2D eigenvalue weighted by molar-refractivity contribution is 5.79. The van der Waals surface area contributed by atoms with Crippen LogP contribution in [-0.4, -0.2) is 20.6 Å². The van der Waals surface area contributed by atoms with E-state index in [4.69, 9.17) is 5.11 Å². The molecule has 0 aromatic carbocycles. The number of carbonyl (C=O) groups is 1. The Balaban J connectivity index is 3.17. The Bertz CT molecular complexity index is 319. The second-order valence-electron chi connectivity index (χ2n) is 3.35. The summed E-state index contributed by atoms with van der Waals surface area (Å²) < 4.78 is 1.75. The van der Waals surface area contributed by atoms with Gasteiger partial charge in [-0.3, -0.25) is 4.79 Å². The Morgan fingerprint density at radius 2 is 2.38 bits per heavy atom. The number of imidazole rings is 1. The van der Waals surface area contributed by atoms with Gasteiger partial charge >= 0.3 is 5.97 Å². The third-order valence-corrected chi connectivity index (χ3v) is 2.49. The van der Waals surface area contributed by atoms with Crippen LogP contribution in [0, 0.1) is 0 Å². The lowest BCUT2D eigenvalue weighted by Gasteiger charge is -2.22. The Labute approximate surface area is 77.2 Å². The smallest absolute Gasteiger partial charge is 0.317 e. The number of hydrogen-bond donors (Lipinski definition) is 1. The lowest BCUT2D eigenvalue weighted by molar-refractivity contribution is -0.143. The molecule has 0 saturated heterocycles. The highest BCUT2D eigenvalue weighted by Crippen LogP contribution is 2.25. The monoisotopic (exact) mass is 182 g/mol. The van der Waals surface area contributed by atoms with Crippen LogP contribution in [-0.2, 0) is 17.3 Å². The fraction of sp³-hybridized carbons (Fsp3) is 0.556. The Morgan fingerprint density at radius 1 is 1.77 bits per heavy atom. The normalized spacial score (nSPS) is 15.3. The second kappa shape index (κ2) is 3.20. The number of hydrogen-bond acceptors (Lipinski definition) is 2. The van der Waals surface area contributed by atoms with Crippen LogP contribution in [0.5, 0.6) is 0 Å². The zero-order valence-corrected chi connectivity index (χ0v) is 8.11. The summed E-state index contributed by atoms with van der Waals surface area (Å²) in [5, 5.41) is 9.08. The Morgan fingerprint density at radius 3 is 2.69 bits per heavy atom. The first-order chi connectivity index (χ1) is 6.02. The number of rotatable bonds is 3. The van der Waals surface area contributed by atoms with E-state index in [1.807, 2.05) is 6.92 Å². The number of nitrogens with zero attached hydrogens (tertiary/aromatic N) is 2. The van der Waals surface area contributed by atoms with Crippen molar-refractivity contribution in [1.82, 2.24) is 9.55 Å². The van der Waals surface area contributed by atoms with Gasteiger partial charge in [0.2, 0.25) is 0 Å². The van der Waals surface area contributed by atoms with E-state index in [2.05, 4.69) is 4.98 Å². The van der Waals surface area contributed by atoms with E-state index in [0.717, 1.165) is 0 Å². The van der Waals surface area contributed by atoms with E-state index >= 15 is 0 Å². The summed E-state index contributed by atoms with van der Waals surface area (Å²) in [7, 11) is 1.80. The average molecular weight is 182 g/mol. The van der Waals surface area contributed by atoms with Crippen molar-refractivity contribution in [3.8, 4) is 0 Å². The molecule has 0 aliphatic carbocycles. The van der Waals surface area contributed by atoms with Gasteiger partial charge in [0.25, 0.3) is 0 Å². The maximum absolute atomic E-state index is 11.0. The first kappa shape index (κ1) is 9.77. The van der Waals surface area contributed by atoms with Gasteiger partial charge in [-0.25, -0.2) is 4.98 Å².